The molecule has 1 aromatic rings. The summed E-state index contributed by atoms with van der Waals surface area (Å²) in [6, 6.07) is 6.14. The molecule has 0 bridgehead atoms. The van der Waals surface area contributed by atoms with Gasteiger partial charge in [-0.25, -0.2) is 0 Å². The summed E-state index contributed by atoms with van der Waals surface area (Å²) in [7, 11) is 0. The van der Waals surface area contributed by atoms with Crippen LogP contribution in [0.3, 0.4) is 0 Å². The first-order valence-corrected chi connectivity index (χ1v) is 9.23. The van der Waals surface area contributed by atoms with Crippen molar-refractivity contribution in [2.24, 2.45) is 5.92 Å². The van der Waals surface area contributed by atoms with Crippen LogP contribution in [0.4, 0.5) is 0 Å². The van der Waals surface area contributed by atoms with Crippen molar-refractivity contribution in [2.45, 2.75) is 44.6 Å². The molecule has 0 unspecified atom stereocenters. The van der Waals surface area contributed by atoms with Crippen LogP contribution in [0.2, 0.25) is 0 Å². The van der Waals surface area contributed by atoms with Gasteiger partial charge in [-0.2, -0.15) is 0 Å². The van der Waals surface area contributed by atoms with Gasteiger partial charge < -0.3 is 19.5 Å². The van der Waals surface area contributed by atoms with Gasteiger partial charge in [0.2, 0.25) is 6.79 Å². The number of esters is 1. The van der Waals surface area contributed by atoms with E-state index in [1.165, 1.54) is 12.8 Å². The van der Waals surface area contributed by atoms with Crippen molar-refractivity contribution in [3.63, 3.8) is 0 Å². The first-order chi connectivity index (χ1) is 12.3. The Kier molecular flexibility index (Phi) is 4.66. The molecule has 1 N–H and O–H groups in total. The average Bonchev–Trinajstić information content (AvgIpc) is 3.15. The Bertz CT molecular complexity index is 678. The Morgan fingerprint density at radius 2 is 2.16 bits per heavy atom. The third kappa shape index (κ3) is 3.52. The predicted molar refractivity (Wildman–Crippen MR) is 93.8 cm³/mol. The van der Waals surface area contributed by atoms with Crippen molar-refractivity contribution in [3.8, 4) is 11.5 Å². The van der Waals surface area contributed by atoms with E-state index in [1.54, 1.807) is 5.57 Å². The lowest BCUT2D eigenvalue weighted by Gasteiger charge is -2.22. The van der Waals surface area contributed by atoms with Crippen LogP contribution in [0.1, 0.15) is 44.1 Å². The lowest BCUT2D eigenvalue weighted by atomic mass is 9.83. The molecular weight excluding hydrogens is 318 g/mol. The largest absolute Gasteiger partial charge is 0.466 e. The molecule has 1 aliphatic carbocycles. The van der Waals surface area contributed by atoms with Gasteiger partial charge in [-0.1, -0.05) is 17.7 Å². The lowest BCUT2D eigenvalue weighted by Crippen LogP contribution is -2.33. The Labute approximate surface area is 148 Å². The van der Waals surface area contributed by atoms with Gasteiger partial charge in [-0.3, -0.25) is 4.79 Å². The zero-order chi connectivity index (χ0) is 17.2. The fourth-order valence-corrected chi connectivity index (χ4v) is 3.87. The summed E-state index contributed by atoms with van der Waals surface area (Å²) in [5.74, 6) is 1.39. The molecule has 1 aromatic carbocycles. The molecule has 4 rings (SSSR count). The number of ether oxygens (including phenoxy) is 3. The molecule has 3 aliphatic rings. The van der Waals surface area contributed by atoms with Crippen LogP contribution < -0.4 is 14.8 Å². The zero-order valence-electron chi connectivity index (χ0n) is 14.6. The van der Waals surface area contributed by atoms with Gasteiger partial charge in [0.1, 0.15) is 0 Å². The average molecular weight is 343 g/mol. The number of benzene rings is 1. The van der Waals surface area contributed by atoms with Gasteiger partial charge in [-0.05, 0) is 50.3 Å². The van der Waals surface area contributed by atoms with Crippen LogP contribution in [0.15, 0.2) is 29.8 Å². The van der Waals surface area contributed by atoms with E-state index >= 15 is 0 Å². The van der Waals surface area contributed by atoms with Crippen molar-refractivity contribution in [1.82, 2.24) is 5.32 Å². The first-order valence-electron chi connectivity index (χ1n) is 9.23. The zero-order valence-corrected chi connectivity index (χ0v) is 14.6. The third-order valence-electron chi connectivity index (χ3n) is 5.30. The van der Waals surface area contributed by atoms with Crippen LogP contribution >= 0.6 is 0 Å². The smallest absolute Gasteiger partial charge is 0.311 e. The third-order valence-corrected chi connectivity index (χ3v) is 5.30. The van der Waals surface area contributed by atoms with E-state index in [0.717, 1.165) is 36.4 Å². The summed E-state index contributed by atoms with van der Waals surface area (Å²) in [5, 5.41) is 3.55. The Morgan fingerprint density at radius 3 is 2.96 bits per heavy atom. The SMILES string of the molecule is CCOC(=O)[C@H]1[C@H](CCC=C2CC2)NC[C@@H]1c1ccc2c(c1)OCO2. The minimum absolute atomic E-state index is 0.0979. The lowest BCUT2D eigenvalue weighted by molar-refractivity contribution is -0.148. The molecule has 5 nitrogen and oxygen atoms in total. The van der Waals surface area contributed by atoms with E-state index in [-0.39, 0.29) is 30.6 Å². The van der Waals surface area contributed by atoms with E-state index < -0.39 is 0 Å². The molecular formula is C20H25NO4. The molecule has 0 amide bonds. The van der Waals surface area contributed by atoms with E-state index in [1.807, 2.05) is 25.1 Å². The summed E-state index contributed by atoms with van der Waals surface area (Å²) in [6.45, 7) is 3.33. The van der Waals surface area contributed by atoms with E-state index in [2.05, 4.69) is 11.4 Å². The van der Waals surface area contributed by atoms with Gasteiger partial charge in [0.15, 0.2) is 11.5 Å². The molecule has 2 heterocycles. The van der Waals surface area contributed by atoms with E-state index in [9.17, 15) is 4.79 Å². The summed E-state index contributed by atoms with van der Waals surface area (Å²) < 4.78 is 16.3. The molecule has 134 valence electrons. The van der Waals surface area contributed by atoms with Crippen molar-refractivity contribution in [3.05, 3.63) is 35.4 Å². The fraction of sp³-hybridized carbons (Fsp3) is 0.550. The molecule has 1 saturated heterocycles. The summed E-state index contributed by atoms with van der Waals surface area (Å²) >= 11 is 0. The highest BCUT2D eigenvalue weighted by atomic mass is 16.7. The minimum atomic E-state index is -0.155. The predicted octanol–water partition coefficient (Wildman–Crippen LogP) is 3.15. The topological polar surface area (TPSA) is 56.8 Å². The number of hydrogen-bond donors (Lipinski definition) is 1. The van der Waals surface area contributed by atoms with E-state index in [4.69, 9.17) is 14.2 Å². The molecule has 5 heteroatoms. The highest BCUT2D eigenvalue weighted by Crippen LogP contribution is 2.40. The number of nitrogens with one attached hydrogen (secondary N) is 1. The Morgan fingerprint density at radius 1 is 1.32 bits per heavy atom. The van der Waals surface area contributed by atoms with Gasteiger partial charge >= 0.3 is 5.97 Å². The summed E-state index contributed by atoms with van der Waals surface area (Å²) in [4.78, 5) is 12.6. The minimum Gasteiger partial charge on any atom is -0.466 e. The molecule has 1 saturated carbocycles. The molecule has 2 aliphatic heterocycles. The Balaban J connectivity index is 1.52. The van der Waals surface area contributed by atoms with Crippen molar-refractivity contribution in [1.29, 1.82) is 0 Å². The maximum Gasteiger partial charge on any atom is 0.311 e. The molecule has 0 spiro atoms. The van der Waals surface area contributed by atoms with Gasteiger partial charge in [-0.15, -0.1) is 0 Å². The number of carbonyl (C=O) groups is 1. The second kappa shape index (κ2) is 7.08. The van der Waals surface area contributed by atoms with E-state index in [0.29, 0.717) is 6.61 Å². The second-order valence-electron chi connectivity index (χ2n) is 6.95. The maximum absolute atomic E-state index is 12.6. The molecule has 0 aromatic heterocycles. The monoisotopic (exact) mass is 343 g/mol. The van der Waals surface area contributed by atoms with Crippen molar-refractivity contribution < 1.29 is 19.0 Å². The maximum atomic E-state index is 12.6. The molecule has 2 fully saturated rings. The molecule has 25 heavy (non-hydrogen) atoms. The summed E-state index contributed by atoms with van der Waals surface area (Å²) in [5.41, 5.74) is 2.66. The van der Waals surface area contributed by atoms with Crippen molar-refractivity contribution >= 4 is 5.97 Å². The highest BCUT2D eigenvalue weighted by Gasteiger charge is 2.42. The number of allylic oxidation sites excluding steroid dienone is 2. The molecule has 3 atom stereocenters. The standard InChI is InChI=1S/C20H25NO4/c1-2-23-20(22)19-15(11-21-16(19)5-3-4-13-6-7-13)14-8-9-17-18(10-14)25-12-24-17/h4,8-10,15-16,19,21H,2-3,5-7,11-12H2,1H3/t15-,16+,19-/m1/s1. The Hall–Kier alpha value is -2.01. The number of carbonyl (C=O) groups excluding carboxylic acids is 1. The van der Waals surface area contributed by atoms with Crippen LogP contribution in [-0.2, 0) is 9.53 Å². The van der Waals surface area contributed by atoms with Gasteiger partial charge in [0.05, 0.1) is 12.5 Å². The van der Waals surface area contributed by atoms with Crippen LogP contribution in [-0.4, -0.2) is 32.0 Å². The van der Waals surface area contributed by atoms with Gasteiger partial charge in [0.25, 0.3) is 0 Å². The number of rotatable bonds is 6. The van der Waals surface area contributed by atoms with Gasteiger partial charge in [0, 0.05) is 18.5 Å². The number of hydrogen-bond acceptors (Lipinski definition) is 5. The highest BCUT2D eigenvalue weighted by molar-refractivity contribution is 5.75. The first kappa shape index (κ1) is 16.5. The summed E-state index contributed by atoms with van der Waals surface area (Å²) in [6.07, 6.45) is 6.82. The normalized spacial score (nSPS) is 26.6. The number of fused-ring (bicyclic) bond motifs is 1. The van der Waals surface area contributed by atoms with Crippen LogP contribution in [0.25, 0.3) is 0 Å². The quantitative estimate of drug-likeness (QED) is 0.635. The fourth-order valence-electron chi connectivity index (χ4n) is 3.87. The second-order valence-corrected chi connectivity index (χ2v) is 6.95. The van der Waals surface area contributed by atoms with Crippen LogP contribution in [0, 0.1) is 5.92 Å². The van der Waals surface area contributed by atoms with Crippen molar-refractivity contribution in [2.75, 3.05) is 19.9 Å². The molecule has 0 radical (unpaired) electrons. The van der Waals surface area contributed by atoms with Crippen LogP contribution in [0.5, 0.6) is 11.5 Å².